The van der Waals surface area contributed by atoms with Crippen molar-refractivity contribution >= 4 is 5.95 Å². The molecule has 28 heavy (non-hydrogen) atoms. The molecule has 1 aromatic carbocycles. The first kappa shape index (κ1) is 20.6. The summed E-state index contributed by atoms with van der Waals surface area (Å²) >= 11 is 0. The van der Waals surface area contributed by atoms with Gasteiger partial charge in [-0.2, -0.15) is 0 Å². The first-order chi connectivity index (χ1) is 13.4. The number of rotatable bonds is 6. The van der Waals surface area contributed by atoms with E-state index in [0.29, 0.717) is 11.4 Å². The quantitative estimate of drug-likeness (QED) is 0.536. The number of hydrogen-bond acceptors (Lipinski definition) is 9. The van der Waals surface area contributed by atoms with E-state index in [1.165, 1.54) is 7.11 Å². The predicted molar refractivity (Wildman–Crippen MR) is 100.0 cm³/mol. The molecule has 2 aromatic rings. The molecule has 0 amide bonds. The molecule has 1 aliphatic heterocycles. The Hall–Kier alpha value is -2.14. The SMILES string of the molecule is CO[C@@H]1O[C@H](CO)[C@H](O)[C@H](OCc2cc(-c3ccc(C)cc3)nc(N)n2)[C@H]1O. The van der Waals surface area contributed by atoms with Crippen LogP contribution in [0.5, 0.6) is 0 Å². The summed E-state index contributed by atoms with van der Waals surface area (Å²) in [7, 11) is 1.36. The van der Waals surface area contributed by atoms with Crippen LogP contribution >= 0.6 is 0 Å². The van der Waals surface area contributed by atoms with Gasteiger partial charge in [0.15, 0.2) is 6.29 Å². The van der Waals surface area contributed by atoms with Crippen molar-refractivity contribution in [2.45, 2.75) is 44.2 Å². The monoisotopic (exact) mass is 391 g/mol. The zero-order valence-electron chi connectivity index (χ0n) is 15.7. The number of nitrogens with zero attached hydrogens (tertiary/aromatic N) is 2. The van der Waals surface area contributed by atoms with E-state index in [1.807, 2.05) is 31.2 Å². The fourth-order valence-corrected chi connectivity index (χ4v) is 3.09. The van der Waals surface area contributed by atoms with Gasteiger partial charge in [0.2, 0.25) is 5.95 Å². The highest BCUT2D eigenvalue weighted by atomic mass is 16.7. The minimum Gasteiger partial charge on any atom is -0.394 e. The molecule has 1 aromatic heterocycles. The zero-order valence-corrected chi connectivity index (χ0v) is 15.7. The number of ether oxygens (including phenoxy) is 3. The van der Waals surface area contributed by atoms with Gasteiger partial charge in [-0.25, -0.2) is 9.97 Å². The lowest BCUT2D eigenvalue weighted by Gasteiger charge is -2.41. The van der Waals surface area contributed by atoms with Gasteiger partial charge in [0.05, 0.1) is 24.6 Å². The zero-order chi connectivity index (χ0) is 20.3. The molecule has 0 spiro atoms. The minimum atomic E-state index is -1.24. The Bertz CT molecular complexity index is 772. The normalized spacial score (nSPS) is 27.7. The highest BCUT2D eigenvalue weighted by Crippen LogP contribution is 2.25. The molecule has 1 saturated heterocycles. The maximum atomic E-state index is 10.3. The molecule has 5 atom stereocenters. The van der Waals surface area contributed by atoms with Gasteiger partial charge in [-0.15, -0.1) is 0 Å². The lowest BCUT2D eigenvalue weighted by molar-refractivity contribution is -0.303. The first-order valence-electron chi connectivity index (χ1n) is 8.90. The van der Waals surface area contributed by atoms with E-state index in [-0.39, 0.29) is 12.6 Å². The number of aliphatic hydroxyl groups is 3. The fraction of sp³-hybridized carbons (Fsp3) is 0.474. The van der Waals surface area contributed by atoms with Crippen molar-refractivity contribution in [1.29, 1.82) is 0 Å². The number of nitrogens with two attached hydrogens (primary N) is 1. The molecule has 0 unspecified atom stereocenters. The number of benzene rings is 1. The Kier molecular flexibility index (Phi) is 6.55. The molecule has 2 heterocycles. The summed E-state index contributed by atoms with van der Waals surface area (Å²) in [6.45, 7) is 1.53. The highest BCUT2D eigenvalue weighted by molar-refractivity contribution is 5.60. The van der Waals surface area contributed by atoms with Crippen molar-refractivity contribution in [1.82, 2.24) is 9.97 Å². The Morgan fingerprint density at radius 3 is 2.50 bits per heavy atom. The molecule has 1 fully saturated rings. The molecule has 5 N–H and O–H groups in total. The van der Waals surface area contributed by atoms with E-state index >= 15 is 0 Å². The van der Waals surface area contributed by atoms with Gasteiger partial charge in [0.25, 0.3) is 0 Å². The van der Waals surface area contributed by atoms with Gasteiger partial charge in [-0.3, -0.25) is 0 Å². The Balaban J connectivity index is 1.77. The third kappa shape index (κ3) is 4.46. The number of hydrogen-bond donors (Lipinski definition) is 4. The number of anilines is 1. The summed E-state index contributed by atoms with van der Waals surface area (Å²) in [6.07, 6.45) is -5.46. The third-order valence-electron chi connectivity index (χ3n) is 4.62. The predicted octanol–water partition coefficient (Wildman–Crippen LogP) is 0.00482. The van der Waals surface area contributed by atoms with Crippen LogP contribution in [0.2, 0.25) is 0 Å². The molecular formula is C19H25N3O6. The smallest absolute Gasteiger partial charge is 0.220 e. The second-order valence-electron chi connectivity index (χ2n) is 6.69. The van der Waals surface area contributed by atoms with E-state index in [9.17, 15) is 15.3 Å². The van der Waals surface area contributed by atoms with E-state index < -0.39 is 37.3 Å². The standard InChI is InChI=1S/C19H25N3O6/c1-10-3-5-11(6-4-10)13-7-12(21-19(20)22-13)9-27-17-15(24)14(8-23)28-18(26-2)16(17)25/h3-7,14-18,23-25H,8-9H2,1-2H3,(H2,20,21,22)/t14-,15+,16-,17+,18-/m1/s1. The van der Waals surface area contributed by atoms with Crippen LogP contribution < -0.4 is 5.73 Å². The Labute approximate surface area is 162 Å². The van der Waals surface area contributed by atoms with Crippen LogP contribution in [0, 0.1) is 6.92 Å². The van der Waals surface area contributed by atoms with Gasteiger partial charge < -0.3 is 35.3 Å². The molecule has 0 aliphatic carbocycles. The van der Waals surface area contributed by atoms with Crippen molar-refractivity contribution < 1.29 is 29.5 Å². The Morgan fingerprint density at radius 2 is 1.86 bits per heavy atom. The fourth-order valence-electron chi connectivity index (χ4n) is 3.09. The van der Waals surface area contributed by atoms with Crippen LogP contribution in [0.15, 0.2) is 30.3 Å². The molecular weight excluding hydrogens is 366 g/mol. The van der Waals surface area contributed by atoms with Crippen LogP contribution in [0.3, 0.4) is 0 Å². The van der Waals surface area contributed by atoms with Crippen molar-refractivity contribution in [3.8, 4) is 11.3 Å². The van der Waals surface area contributed by atoms with Crippen molar-refractivity contribution in [3.05, 3.63) is 41.6 Å². The summed E-state index contributed by atoms with van der Waals surface area (Å²) in [5.74, 6) is 0.0905. The van der Waals surface area contributed by atoms with Gasteiger partial charge in [-0.05, 0) is 13.0 Å². The molecule has 0 radical (unpaired) electrons. The second-order valence-corrected chi connectivity index (χ2v) is 6.69. The maximum Gasteiger partial charge on any atom is 0.220 e. The topological polar surface area (TPSA) is 140 Å². The molecule has 0 saturated carbocycles. The lowest BCUT2D eigenvalue weighted by Crippen LogP contribution is -2.59. The summed E-state index contributed by atoms with van der Waals surface area (Å²) in [6, 6.07) is 9.54. The van der Waals surface area contributed by atoms with Crippen molar-refractivity contribution in [2.75, 3.05) is 19.5 Å². The van der Waals surface area contributed by atoms with Crippen molar-refractivity contribution in [2.24, 2.45) is 0 Å². The van der Waals surface area contributed by atoms with Crippen LogP contribution in [0.1, 0.15) is 11.3 Å². The first-order valence-corrected chi connectivity index (χ1v) is 8.90. The van der Waals surface area contributed by atoms with Crippen molar-refractivity contribution in [3.63, 3.8) is 0 Å². The molecule has 3 rings (SSSR count). The Morgan fingerprint density at radius 1 is 1.14 bits per heavy atom. The molecule has 9 heteroatoms. The molecule has 9 nitrogen and oxygen atoms in total. The van der Waals surface area contributed by atoms with Gasteiger partial charge in [-0.1, -0.05) is 29.8 Å². The third-order valence-corrected chi connectivity index (χ3v) is 4.62. The summed E-state index contributed by atoms with van der Waals surface area (Å²) in [5.41, 5.74) is 8.97. The molecule has 0 bridgehead atoms. The molecule has 152 valence electrons. The number of aromatic nitrogens is 2. The van der Waals surface area contributed by atoms with E-state index in [0.717, 1.165) is 11.1 Å². The number of methoxy groups -OCH3 is 1. The minimum absolute atomic E-state index is 0.0288. The summed E-state index contributed by atoms with van der Waals surface area (Å²) in [4.78, 5) is 8.40. The van der Waals surface area contributed by atoms with E-state index in [4.69, 9.17) is 19.9 Å². The summed E-state index contributed by atoms with van der Waals surface area (Å²) < 4.78 is 16.1. The van der Waals surface area contributed by atoms with Crippen LogP contribution in [0.25, 0.3) is 11.3 Å². The van der Waals surface area contributed by atoms with Crippen LogP contribution in [0.4, 0.5) is 5.95 Å². The summed E-state index contributed by atoms with van der Waals surface area (Å²) in [5, 5.41) is 30.0. The number of nitrogen functional groups attached to an aromatic ring is 1. The second kappa shape index (κ2) is 8.91. The number of aryl methyl sites for hydroxylation is 1. The van der Waals surface area contributed by atoms with Crippen LogP contribution in [-0.4, -0.2) is 69.7 Å². The molecule has 1 aliphatic rings. The van der Waals surface area contributed by atoms with E-state index in [2.05, 4.69) is 9.97 Å². The maximum absolute atomic E-state index is 10.3. The number of aliphatic hydroxyl groups excluding tert-OH is 3. The van der Waals surface area contributed by atoms with Crippen LogP contribution in [-0.2, 0) is 20.8 Å². The average Bonchev–Trinajstić information content (AvgIpc) is 2.68. The average molecular weight is 391 g/mol. The van der Waals surface area contributed by atoms with Gasteiger partial charge in [0.1, 0.15) is 24.4 Å². The van der Waals surface area contributed by atoms with Gasteiger partial charge >= 0.3 is 0 Å². The highest BCUT2D eigenvalue weighted by Gasteiger charge is 2.45. The van der Waals surface area contributed by atoms with E-state index in [1.54, 1.807) is 6.07 Å². The largest absolute Gasteiger partial charge is 0.394 e. The lowest BCUT2D eigenvalue weighted by atomic mass is 9.99. The van der Waals surface area contributed by atoms with Gasteiger partial charge in [0, 0.05) is 12.7 Å².